The maximum atomic E-state index is 5.83. The zero-order valence-electron chi connectivity index (χ0n) is 9.28. The van der Waals surface area contributed by atoms with Crippen molar-refractivity contribution in [3.8, 4) is 0 Å². The molecule has 15 heavy (non-hydrogen) atoms. The molecular weight excluding hydrogens is 190 g/mol. The Kier molecular flexibility index (Phi) is 2.95. The molecule has 2 bridgehead atoms. The molecule has 4 unspecified atom stereocenters. The fourth-order valence-electron chi connectivity index (χ4n) is 3.14. The van der Waals surface area contributed by atoms with E-state index in [1.54, 1.807) is 0 Å². The fraction of sp³-hybridized carbons (Fsp3) is 1.00. The molecule has 0 aliphatic carbocycles. The zero-order chi connectivity index (χ0) is 10.1. The summed E-state index contributed by atoms with van der Waals surface area (Å²) in [6, 6.07) is 0.630. The van der Waals surface area contributed by atoms with Gasteiger partial charge in [-0.15, -0.1) is 0 Å². The van der Waals surface area contributed by atoms with Gasteiger partial charge in [0, 0.05) is 19.2 Å². The van der Waals surface area contributed by atoms with E-state index in [0.29, 0.717) is 18.2 Å². The minimum absolute atomic E-state index is 0.513. The Labute approximate surface area is 91.5 Å². The molecule has 3 heteroatoms. The van der Waals surface area contributed by atoms with Crippen LogP contribution in [0.2, 0.25) is 0 Å². The van der Waals surface area contributed by atoms with E-state index >= 15 is 0 Å². The van der Waals surface area contributed by atoms with Crippen LogP contribution in [0, 0.1) is 5.92 Å². The average molecular weight is 211 g/mol. The average Bonchev–Trinajstić information content (AvgIpc) is 2.89. The molecule has 86 valence electrons. The van der Waals surface area contributed by atoms with E-state index in [-0.39, 0.29) is 0 Å². The van der Waals surface area contributed by atoms with Crippen LogP contribution in [0.25, 0.3) is 0 Å². The number of rotatable bonds is 3. The molecule has 0 radical (unpaired) electrons. The number of nitrogens with one attached hydrogen (secondary N) is 1. The highest BCUT2D eigenvalue weighted by Gasteiger charge is 2.40. The summed E-state index contributed by atoms with van der Waals surface area (Å²) in [6.07, 6.45) is 7.43. The SMILES string of the molecule is C1COCC(CNC2CC3CCC2O3)C1. The maximum Gasteiger partial charge on any atom is 0.0733 e. The van der Waals surface area contributed by atoms with Crippen molar-refractivity contribution in [2.75, 3.05) is 19.8 Å². The highest BCUT2D eigenvalue weighted by Crippen LogP contribution is 2.34. The van der Waals surface area contributed by atoms with Gasteiger partial charge >= 0.3 is 0 Å². The van der Waals surface area contributed by atoms with Crippen LogP contribution in [0.4, 0.5) is 0 Å². The quantitative estimate of drug-likeness (QED) is 0.764. The van der Waals surface area contributed by atoms with Gasteiger partial charge in [0.1, 0.15) is 0 Å². The lowest BCUT2D eigenvalue weighted by Gasteiger charge is -2.26. The largest absolute Gasteiger partial charge is 0.381 e. The van der Waals surface area contributed by atoms with E-state index in [9.17, 15) is 0 Å². The van der Waals surface area contributed by atoms with Crippen LogP contribution in [-0.2, 0) is 9.47 Å². The summed E-state index contributed by atoms with van der Waals surface area (Å²) in [5.41, 5.74) is 0. The molecule has 4 atom stereocenters. The minimum atomic E-state index is 0.513. The molecule has 3 aliphatic rings. The van der Waals surface area contributed by atoms with E-state index in [4.69, 9.17) is 9.47 Å². The van der Waals surface area contributed by atoms with Crippen molar-refractivity contribution in [3.63, 3.8) is 0 Å². The second-order valence-electron chi connectivity index (χ2n) is 5.21. The fourth-order valence-corrected chi connectivity index (χ4v) is 3.14. The molecule has 3 rings (SSSR count). The van der Waals surface area contributed by atoms with Gasteiger partial charge in [-0.1, -0.05) is 0 Å². The van der Waals surface area contributed by atoms with E-state index in [1.165, 1.54) is 32.1 Å². The summed E-state index contributed by atoms with van der Waals surface area (Å²) in [5, 5.41) is 3.68. The van der Waals surface area contributed by atoms with Crippen LogP contribution in [0.3, 0.4) is 0 Å². The Morgan fingerprint density at radius 1 is 1.20 bits per heavy atom. The molecule has 3 nitrogen and oxygen atoms in total. The van der Waals surface area contributed by atoms with E-state index in [0.717, 1.165) is 25.7 Å². The summed E-state index contributed by atoms with van der Waals surface area (Å²) < 4.78 is 11.3. The van der Waals surface area contributed by atoms with Gasteiger partial charge < -0.3 is 14.8 Å². The van der Waals surface area contributed by atoms with Crippen molar-refractivity contribution in [2.24, 2.45) is 5.92 Å². The Balaban J connectivity index is 1.42. The van der Waals surface area contributed by atoms with E-state index in [1.807, 2.05) is 0 Å². The number of fused-ring (bicyclic) bond motifs is 2. The molecule has 0 aromatic heterocycles. The molecule has 0 amide bonds. The van der Waals surface area contributed by atoms with Crippen molar-refractivity contribution >= 4 is 0 Å². The highest BCUT2D eigenvalue weighted by atomic mass is 16.5. The molecule has 3 fully saturated rings. The van der Waals surface area contributed by atoms with Crippen LogP contribution in [0.1, 0.15) is 32.1 Å². The number of hydrogen-bond acceptors (Lipinski definition) is 3. The Hall–Kier alpha value is -0.120. The third-order valence-electron chi connectivity index (χ3n) is 4.03. The molecule has 0 saturated carbocycles. The Morgan fingerprint density at radius 3 is 2.87 bits per heavy atom. The third-order valence-corrected chi connectivity index (χ3v) is 4.03. The van der Waals surface area contributed by atoms with Crippen molar-refractivity contribution in [3.05, 3.63) is 0 Å². The summed E-state index contributed by atoms with van der Waals surface area (Å²) >= 11 is 0. The van der Waals surface area contributed by atoms with Crippen molar-refractivity contribution < 1.29 is 9.47 Å². The van der Waals surface area contributed by atoms with Gasteiger partial charge in [-0.05, 0) is 38.0 Å². The van der Waals surface area contributed by atoms with Gasteiger partial charge in [0.2, 0.25) is 0 Å². The van der Waals surface area contributed by atoms with Gasteiger partial charge in [0.05, 0.1) is 18.8 Å². The van der Waals surface area contributed by atoms with Gasteiger partial charge in [-0.3, -0.25) is 0 Å². The predicted octanol–water partition coefficient (Wildman–Crippen LogP) is 1.32. The van der Waals surface area contributed by atoms with Gasteiger partial charge in [-0.2, -0.15) is 0 Å². The van der Waals surface area contributed by atoms with Crippen LogP contribution in [-0.4, -0.2) is 38.0 Å². The first-order valence-electron chi connectivity index (χ1n) is 6.38. The minimum Gasteiger partial charge on any atom is -0.381 e. The van der Waals surface area contributed by atoms with E-state index < -0.39 is 0 Å². The highest BCUT2D eigenvalue weighted by molar-refractivity contribution is 4.94. The standard InChI is InChI=1S/C12H21NO2/c1-2-9(8-14-5-1)7-13-11-6-10-3-4-12(11)15-10/h9-13H,1-8H2. The van der Waals surface area contributed by atoms with Crippen LogP contribution in [0.15, 0.2) is 0 Å². The zero-order valence-corrected chi connectivity index (χ0v) is 9.28. The number of ether oxygens (including phenoxy) is 2. The Morgan fingerprint density at radius 2 is 2.20 bits per heavy atom. The van der Waals surface area contributed by atoms with Gasteiger partial charge in [-0.25, -0.2) is 0 Å². The predicted molar refractivity (Wildman–Crippen MR) is 57.8 cm³/mol. The molecule has 3 heterocycles. The Bertz CT molecular complexity index is 216. The first-order chi connectivity index (χ1) is 7.42. The second-order valence-corrected chi connectivity index (χ2v) is 5.21. The maximum absolute atomic E-state index is 5.83. The molecule has 3 aliphatic heterocycles. The van der Waals surface area contributed by atoms with E-state index in [2.05, 4.69) is 5.32 Å². The molecule has 1 N–H and O–H groups in total. The third kappa shape index (κ3) is 2.19. The summed E-state index contributed by atoms with van der Waals surface area (Å²) in [5.74, 6) is 0.734. The molecule has 0 spiro atoms. The molecular formula is C12H21NO2. The van der Waals surface area contributed by atoms with Gasteiger partial charge in [0.25, 0.3) is 0 Å². The molecule has 3 saturated heterocycles. The summed E-state index contributed by atoms with van der Waals surface area (Å²) in [4.78, 5) is 0. The lowest BCUT2D eigenvalue weighted by molar-refractivity contribution is 0.0515. The lowest BCUT2D eigenvalue weighted by atomic mass is 9.94. The summed E-state index contributed by atoms with van der Waals surface area (Å²) in [7, 11) is 0. The molecule has 0 aromatic carbocycles. The number of hydrogen-bond donors (Lipinski definition) is 1. The smallest absolute Gasteiger partial charge is 0.0733 e. The topological polar surface area (TPSA) is 30.5 Å². The van der Waals surface area contributed by atoms with Crippen LogP contribution >= 0.6 is 0 Å². The van der Waals surface area contributed by atoms with Crippen molar-refractivity contribution in [2.45, 2.75) is 50.4 Å². The van der Waals surface area contributed by atoms with Gasteiger partial charge in [0.15, 0.2) is 0 Å². The normalized spacial score (nSPS) is 44.8. The first kappa shape index (κ1) is 10.1. The summed E-state index contributed by atoms with van der Waals surface area (Å²) in [6.45, 7) is 3.04. The lowest BCUT2D eigenvalue weighted by Crippen LogP contribution is -2.41. The monoisotopic (exact) mass is 211 g/mol. The van der Waals surface area contributed by atoms with Crippen LogP contribution in [0.5, 0.6) is 0 Å². The van der Waals surface area contributed by atoms with Crippen molar-refractivity contribution in [1.82, 2.24) is 5.32 Å². The van der Waals surface area contributed by atoms with Crippen molar-refractivity contribution in [1.29, 1.82) is 0 Å². The second kappa shape index (κ2) is 4.40. The van der Waals surface area contributed by atoms with Crippen LogP contribution < -0.4 is 5.32 Å². The first-order valence-corrected chi connectivity index (χ1v) is 6.38. The molecule has 0 aromatic rings.